The van der Waals surface area contributed by atoms with Gasteiger partial charge in [-0.3, -0.25) is 4.90 Å². The van der Waals surface area contributed by atoms with Gasteiger partial charge in [-0.25, -0.2) is 0 Å². The van der Waals surface area contributed by atoms with Gasteiger partial charge in [0.25, 0.3) is 0 Å². The van der Waals surface area contributed by atoms with Gasteiger partial charge < -0.3 is 14.2 Å². The van der Waals surface area contributed by atoms with Crippen LogP contribution in [-0.4, -0.2) is 48.3 Å². The van der Waals surface area contributed by atoms with Crippen LogP contribution in [0.5, 0.6) is 5.75 Å². The highest BCUT2D eigenvalue weighted by molar-refractivity contribution is 9.10. The number of hydrogen-bond acceptors (Lipinski definition) is 7. The van der Waals surface area contributed by atoms with Crippen molar-refractivity contribution < 1.29 is 9.26 Å². The molecule has 1 fully saturated rings. The Morgan fingerprint density at radius 3 is 2.77 bits per heavy atom. The minimum Gasteiger partial charge on any atom is -0.495 e. The van der Waals surface area contributed by atoms with Crippen molar-refractivity contribution in [2.75, 3.05) is 38.2 Å². The predicted octanol–water partition coefficient (Wildman–Crippen LogP) is 3.89. The van der Waals surface area contributed by atoms with Crippen molar-refractivity contribution in [3.8, 4) is 16.5 Å². The minimum absolute atomic E-state index is 0.656. The molecule has 0 amide bonds. The van der Waals surface area contributed by atoms with Gasteiger partial charge in [0.15, 0.2) is 0 Å². The lowest BCUT2D eigenvalue weighted by Crippen LogP contribution is -2.46. The molecule has 0 aliphatic carbocycles. The maximum absolute atomic E-state index is 5.48. The molecular weight excluding hydrogens is 416 g/mol. The molecule has 0 bridgehead atoms. The predicted molar refractivity (Wildman–Crippen MR) is 106 cm³/mol. The van der Waals surface area contributed by atoms with Gasteiger partial charge in [0.2, 0.25) is 11.7 Å². The van der Waals surface area contributed by atoms with E-state index in [4.69, 9.17) is 9.26 Å². The van der Waals surface area contributed by atoms with Crippen molar-refractivity contribution in [2.24, 2.45) is 0 Å². The monoisotopic (exact) mass is 434 g/mol. The number of thiophene rings is 1. The maximum Gasteiger partial charge on any atom is 0.241 e. The summed E-state index contributed by atoms with van der Waals surface area (Å²) in [6, 6.07) is 10.2. The molecule has 0 unspecified atom stereocenters. The summed E-state index contributed by atoms with van der Waals surface area (Å²) in [6.45, 7) is 4.46. The fourth-order valence-electron chi connectivity index (χ4n) is 3.08. The van der Waals surface area contributed by atoms with E-state index in [1.807, 2.05) is 29.6 Å². The quantitative estimate of drug-likeness (QED) is 0.606. The van der Waals surface area contributed by atoms with Gasteiger partial charge in [-0.05, 0) is 34.1 Å². The fourth-order valence-corrected chi connectivity index (χ4v) is 4.43. The molecule has 6 nitrogen and oxygen atoms in total. The Hall–Kier alpha value is -1.90. The van der Waals surface area contributed by atoms with Crippen LogP contribution in [0.2, 0.25) is 0 Å². The molecule has 0 N–H and O–H groups in total. The third-order valence-electron chi connectivity index (χ3n) is 4.41. The van der Waals surface area contributed by atoms with E-state index in [2.05, 4.69) is 41.9 Å². The van der Waals surface area contributed by atoms with Crippen LogP contribution in [0.1, 0.15) is 5.89 Å². The van der Waals surface area contributed by atoms with Crippen molar-refractivity contribution in [3.05, 3.63) is 46.1 Å². The number of aromatic nitrogens is 2. The molecular formula is C18H19BrN4O2S. The van der Waals surface area contributed by atoms with Gasteiger partial charge >= 0.3 is 0 Å². The Labute approximate surface area is 164 Å². The largest absolute Gasteiger partial charge is 0.495 e. The molecule has 3 aromatic rings. The first kappa shape index (κ1) is 17.5. The number of hydrogen-bond donors (Lipinski definition) is 0. The van der Waals surface area contributed by atoms with Gasteiger partial charge in [-0.15, -0.1) is 11.3 Å². The van der Waals surface area contributed by atoms with Crippen LogP contribution in [0.25, 0.3) is 10.7 Å². The summed E-state index contributed by atoms with van der Waals surface area (Å²) >= 11 is 5.05. The van der Waals surface area contributed by atoms with Crippen molar-refractivity contribution in [3.63, 3.8) is 0 Å². The molecule has 136 valence electrons. The smallest absolute Gasteiger partial charge is 0.241 e. The number of piperazine rings is 1. The second-order valence-electron chi connectivity index (χ2n) is 6.08. The molecule has 1 aliphatic heterocycles. The summed E-state index contributed by atoms with van der Waals surface area (Å²) in [6.07, 6.45) is 0. The highest BCUT2D eigenvalue weighted by Crippen LogP contribution is 2.29. The Morgan fingerprint density at radius 1 is 1.23 bits per heavy atom. The van der Waals surface area contributed by atoms with E-state index in [1.54, 1.807) is 18.4 Å². The number of benzene rings is 1. The molecule has 0 saturated carbocycles. The fraction of sp³-hybridized carbons (Fsp3) is 0.333. The number of rotatable bonds is 5. The number of para-hydroxylation sites is 2. The maximum atomic E-state index is 5.48. The van der Waals surface area contributed by atoms with Gasteiger partial charge in [-0.1, -0.05) is 17.3 Å². The summed E-state index contributed by atoms with van der Waals surface area (Å²) in [5.74, 6) is 2.24. The van der Waals surface area contributed by atoms with E-state index in [1.165, 1.54) is 0 Å². The molecule has 26 heavy (non-hydrogen) atoms. The van der Waals surface area contributed by atoms with Crippen molar-refractivity contribution in [2.45, 2.75) is 6.54 Å². The lowest BCUT2D eigenvalue weighted by molar-refractivity contribution is 0.215. The number of anilines is 1. The SMILES string of the molecule is COc1ccccc1N1CCN(Cc2nc(-c3cc(Br)cs3)no2)CC1. The summed E-state index contributed by atoms with van der Waals surface area (Å²) in [4.78, 5) is 10.2. The zero-order chi connectivity index (χ0) is 17.9. The zero-order valence-corrected chi connectivity index (χ0v) is 16.8. The number of ether oxygens (including phenoxy) is 1. The van der Waals surface area contributed by atoms with E-state index >= 15 is 0 Å². The van der Waals surface area contributed by atoms with E-state index in [0.29, 0.717) is 18.3 Å². The molecule has 1 saturated heterocycles. The Bertz CT molecular complexity index is 873. The molecule has 8 heteroatoms. The first-order valence-electron chi connectivity index (χ1n) is 8.40. The van der Waals surface area contributed by atoms with E-state index in [0.717, 1.165) is 47.0 Å². The first-order valence-corrected chi connectivity index (χ1v) is 10.1. The Balaban J connectivity index is 1.36. The van der Waals surface area contributed by atoms with Gasteiger partial charge in [-0.2, -0.15) is 4.98 Å². The molecule has 2 aromatic heterocycles. The third-order valence-corrected chi connectivity index (χ3v) is 6.10. The van der Waals surface area contributed by atoms with Crippen LogP contribution in [-0.2, 0) is 6.54 Å². The third kappa shape index (κ3) is 3.77. The van der Waals surface area contributed by atoms with Crippen LogP contribution in [0.15, 0.2) is 44.7 Å². The van der Waals surface area contributed by atoms with E-state index < -0.39 is 0 Å². The van der Waals surface area contributed by atoms with Gasteiger partial charge in [0, 0.05) is 36.0 Å². The van der Waals surface area contributed by atoms with Crippen molar-refractivity contribution >= 4 is 33.0 Å². The normalized spacial score (nSPS) is 15.4. The molecule has 1 aliphatic rings. The lowest BCUT2D eigenvalue weighted by atomic mass is 10.2. The molecule has 4 rings (SSSR count). The number of halogens is 1. The summed E-state index contributed by atoms with van der Waals surface area (Å²) < 4.78 is 11.9. The average molecular weight is 435 g/mol. The van der Waals surface area contributed by atoms with Crippen LogP contribution < -0.4 is 9.64 Å². The first-order chi connectivity index (χ1) is 12.7. The highest BCUT2D eigenvalue weighted by atomic mass is 79.9. The Morgan fingerprint density at radius 2 is 2.04 bits per heavy atom. The molecule has 0 spiro atoms. The summed E-state index contributed by atoms with van der Waals surface area (Å²) in [5.41, 5.74) is 1.15. The Kier molecular flexibility index (Phi) is 5.23. The molecule has 0 radical (unpaired) electrons. The molecule has 1 aromatic carbocycles. The molecule has 3 heterocycles. The lowest BCUT2D eigenvalue weighted by Gasteiger charge is -2.35. The number of methoxy groups -OCH3 is 1. The second-order valence-corrected chi connectivity index (χ2v) is 7.90. The minimum atomic E-state index is 0.656. The summed E-state index contributed by atoms with van der Waals surface area (Å²) in [7, 11) is 1.72. The van der Waals surface area contributed by atoms with Crippen LogP contribution in [0.3, 0.4) is 0 Å². The van der Waals surface area contributed by atoms with Crippen molar-refractivity contribution in [1.82, 2.24) is 15.0 Å². The van der Waals surface area contributed by atoms with Crippen molar-refractivity contribution in [1.29, 1.82) is 0 Å². The van der Waals surface area contributed by atoms with Gasteiger partial charge in [0.1, 0.15) is 5.75 Å². The number of nitrogens with zero attached hydrogens (tertiary/aromatic N) is 4. The average Bonchev–Trinajstić information content (AvgIpc) is 3.31. The van der Waals surface area contributed by atoms with E-state index in [9.17, 15) is 0 Å². The van der Waals surface area contributed by atoms with Crippen LogP contribution >= 0.6 is 27.3 Å². The topological polar surface area (TPSA) is 54.6 Å². The van der Waals surface area contributed by atoms with E-state index in [-0.39, 0.29) is 0 Å². The highest BCUT2D eigenvalue weighted by Gasteiger charge is 2.21. The summed E-state index contributed by atoms with van der Waals surface area (Å²) in [5, 5.41) is 6.12. The standard InChI is InChI=1S/C18H19BrN4O2S/c1-24-15-5-3-2-4-14(15)23-8-6-22(7-9-23)11-17-20-18(21-25-17)16-10-13(19)12-26-16/h2-5,10,12H,6-9,11H2,1H3. The van der Waals surface area contributed by atoms with Gasteiger partial charge in [0.05, 0.1) is 24.2 Å². The van der Waals surface area contributed by atoms with Crippen LogP contribution in [0.4, 0.5) is 5.69 Å². The zero-order valence-electron chi connectivity index (χ0n) is 14.4. The molecule has 0 atom stereocenters. The second kappa shape index (κ2) is 7.77. The van der Waals surface area contributed by atoms with Crippen LogP contribution in [0, 0.1) is 0 Å².